The summed E-state index contributed by atoms with van der Waals surface area (Å²) in [5.74, 6) is -0.0533. The van der Waals surface area contributed by atoms with Crippen LogP contribution in [-0.2, 0) is 11.3 Å². The molecule has 2 rings (SSSR count). The number of amides is 1. The van der Waals surface area contributed by atoms with Crippen molar-refractivity contribution in [1.29, 1.82) is 0 Å². The maximum absolute atomic E-state index is 11.6. The lowest BCUT2D eigenvalue weighted by Crippen LogP contribution is -2.16. The third-order valence-corrected chi connectivity index (χ3v) is 2.79. The van der Waals surface area contributed by atoms with Gasteiger partial charge in [-0.3, -0.25) is 9.48 Å². The van der Waals surface area contributed by atoms with Crippen LogP contribution >= 0.6 is 23.2 Å². The van der Waals surface area contributed by atoms with E-state index in [0.29, 0.717) is 6.54 Å². The average Bonchev–Trinajstić information content (AvgIpc) is 2.86. The molecule has 0 radical (unpaired) electrons. The van der Waals surface area contributed by atoms with Gasteiger partial charge in [-0.2, -0.15) is 0 Å². The number of rotatable bonds is 4. The predicted molar refractivity (Wildman–Crippen MR) is 65.3 cm³/mol. The molecule has 0 aliphatic carbocycles. The normalized spacial score (nSPS) is 10.3. The molecule has 1 amide bonds. The summed E-state index contributed by atoms with van der Waals surface area (Å²) < 4.78 is 1.55. The van der Waals surface area contributed by atoms with Crippen LogP contribution in [0, 0.1) is 0 Å². The Morgan fingerprint density at radius 2 is 2.22 bits per heavy atom. The minimum atomic E-state index is -0.248. The van der Waals surface area contributed by atoms with E-state index in [2.05, 4.69) is 25.6 Å². The molecule has 0 atom stereocenters. The average molecular weight is 287 g/mol. The number of nitrogens with zero attached hydrogens (tertiary/aromatic N) is 5. The number of anilines is 1. The fourth-order valence-corrected chi connectivity index (χ4v) is 1.48. The van der Waals surface area contributed by atoms with Gasteiger partial charge in [0.05, 0.1) is 12.7 Å². The van der Waals surface area contributed by atoms with Crippen LogP contribution in [0.5, 0.6) is 0 Å². The van der Waals surface area contributed by atoms with Crippen molar-refractivity contribution in [3.05, 3.63) is 28.9 Å². The maximum atomic E-state index is 11.6. The molecule has 0 aromatic carbocycles. The molecule has 0 bridgehead atoms. The first-order valence-corrected chi connectivity index (χ1v) is 5.72. The summed E-state index contributed by atoms with van der Waals surface area (Å²) >= 11 is 11.5. The van der Waals surface area contributed by atoms with Crippen molar-refractivity contribution < 1.29 is 4.79 Å². The first-order valence-electron chi connectivity index (χ1n) is 4.97. The molecule has 7 nitrogen and oxygen atoms in total. The van der Waals surface area contributed by atoms with Crippen molar-refractivity contribution in [1.82, 2.24) is 25.0 Å². The Labute approximate surface area is 112 Å². The zero-order chi connectivity index (χ0) is 13.0. The zero-order valence-electron chi connectivity index (χ0n) is 9.05. The molecule has 94 valence electrons. The van der Waals surface area contributed by atoms with Crippen LogP contribution in [0.2, 0.25) is 10.2 Å². The van der Waals surface area contributed by atoms with Crippen LogP contribution in [0.15, 0.2) is 18.7 Å². The third kappa shape index (κ3) is 3.14. The monoisotopic (exact) mass is 286 g/mol. The molecule has 2 heterocycles. The van der Waals surface area contributed by atoms with E-state index in [1.807, 2.05) is 0 Å². The van der Waals surface area contributed by atoms with E-state index in [1.165, 1.54) is 6.33 Å². The number of aryl methyl sites for hydroxylation is 1. The summed E-state index contributed by atoms with van der Waals surface area (Å²) in [6.45, 7) is 0.419. The van der Waals surface area contributed by atoms with Crippen molar-refractivity contribution in [2.45, 2.75) is 13.0 Å². The van der Waals surface area contributed by atoms with Crippen molar-refractivity contribution >= 4 is 34.9 Å². The lowest BCUT2D eigenvalue weighted by molar-refractivity contribution is -0.116. The molecule has 0 aliphatic rings. The van der Waals surface area contributed by atoms with Gasteiger partial charge in [0.15, 0.2) is 11.0 Å². The summed E-state index contributed by atoms with van der Waals surface area (Å²) in [5, 5.41) is 10.1. The molecule has 1 N–H and O–H groups in total. The van der Waals surface area contributed by atoms with Crippen molar-refractivity contribution in [3.63, 3.8) is 0 Å². The number of carbonyl (C=O) groups excluding carboxylic acids is 1. The van der Waals surface area contributed by atoms with Crippen molar-refractivity contribution in [2.75, 3.05) is 5.32 Å². The largest absolute Gasteiger partial charge is 0.309 e. The highest BCUT2D eigenvalue weighted by Crippen LogP contribution is 2.25. The van der Waals surface area contributed by atoms with Gasteiger partial charge in [0.25, 0.3) is 0 Å². The molecule has 0 fully saturated rings. The highest BCUT2D eigenvalue weighted by Gasteiger charge is 2.10. The van der Waals surface area contributed by atoms with Gasteiger partial charge in [-0.05, 0) is 0 Å². The molecular formula is C9H8Cl2N6O. The van der Waals surface area contributed by atoms with Crippen molar-refractivity contribution in [2.24, 2.45) is 0 Å². The fraction of sp³-hybridized carbons (Fsp3) is 0.222. The Hall–Kier alpha value is -1.73. The molecule has 0 aliphatic heterocycles. The number of hydrogen-bond acceptors (Lipinski definition) is 5. The lowest BCUT2D eigenvalue weighted by Gasteiger charge is -2.06. The summed E-state index contributed by atoms with van der Waals surface area (Å²) in [6.07, 6.45) is 4.66. The number of hydrogen-bond donors (Lipinski definition) is 1. The van der Waals surface area contributed by atoms with E-state index in [9.17, 15) is 4.79 Å². The Morgan fingerprint density at radius 3 is 2.94 bits per heavy atom. The quantitative estimate of drug-likeness (QED) is 0.859. The highest BCUT2D eigenvalue weighted by molar-refractivity contribution is 6.42. The topological polar surface area (TPSA) is 85.6 Å². The minimum Gasteiger partial charge on any atom is -0.309 e. The third-order valence-electron chi connectivity index (χ3n) is 2.04. The van der Waals surface area contributed by atoms with Gasteiger partial charge in [-0.25, -0.2) is 9.97 Å². The molecule has 0 unspecified atom stereocenters. The SMILES string of the molecule is O=C(CCn1ccnn1)Nc1ncnc(Cl)c1Cl. The van der Waals surface area contributed by atoms with Gasteiger partial charge < -0.3 is 5.32 Å². The van der Waals surface area contributed by atoms with Gasteiger partial charge in [0.1, 0.15) is 11.3 Å². The second kappa shape index (κ2) is 5.74. The van der Waals surface area contributed by atoms with Gasteiger partial charge in [-0.15, -0.1) is 5.10 Å². The number of nitrogens with one attached hydrogen (secondary N) is 1. The van der Waals surface area contributed by atoms with Crippen LogP contribution in [0.3, 0.4) is 0 Å². The molecule has 9 heteroatoms. The number of carbonyl (C=O) groups is 1. The molecule has 0 saturated carbocycles. The van der Waals surface area contributed by atoms with Gasteiger partial charge in [0, 0.05) is 12.6 Å². The summed E-state index contributed by atoms with van der Waals surface area (Å²) in [5.41, 5.74) is 0. The number of halogens is 2. The smallest absolute Gasteiger partial charge is 0.227 e. The Kier molecular flexibility index (Phi) is 4.06. The predicted octanol–water partition coefficient (Wildman–Crippen LogP) is 1.40. The standard InChI is InChI=1S/C9H8Cl2N6O/c10-7-8(11)12-5-13-9(7)15-6(18)1-3-17-4-2-14-16-17/h2,4-5H,1,3H2,(H,12,13,15,18). The van der Waals surface area contributed by atoms with E-state index in [0.717, 1.165) is 0 Å². The van der Waals surface area contributed by atoms with Crippen LogP contribution < -0.4 is 5.32 Å². The van der Waals surface area contributed by atoms with Crippen LogP contribution in [0.25, 0.3) is 0 Å². The second-order valence-electron chi connectivity index (χ2n) is 3.29. The molecule has 2 aromatic heterocycles. The molecule has 2 aromatic rings. The van der Waals surface area contributed by atoms with E-state index in [-0.39, 0.29) is 28.3 Å². The van der Waals surface area contributed by atoms with Gasteiger partial charge in [0.2, 0.25) is 5.91 Å². The fourth-order valence-electron chi connectivity index (χ4n) is 1.20. The maximum Gasteiger partial charge on any atom is 0.227 e. The van der Waals surface area contributed by atoms with E-state index in [4.69, 9.17) is 23.2 Å². The Balaban J connectivity index is 1.93. The van der Waals surface area contributed by atoms with Gasteiger partial charge in [-0.1, -0.05) is 28.4 Å². The summed E-state index contributed by atoms with van der Waals surface area (Å²) in [7, 11) is 0. The lowest BCUT2D eigenvalue weighted by atomic mass is 10.4. The van der Waals surface area contributed by atoms with Crippen molar-refractivity contribution in [3.8, 4) is 0 Å². The first-order chi connectivity index (χ1) is 8.66. The Bertz CT molecular complexity index is 544. The number of aromatic nitrogens is 5. The van der Waals surface area contributed by atoms with E-state index in [1.54, 1.807) is 17.1 Å². The van der Waals surface area contributed by atoms with E-state index < -0.39 is 0 Å². The molecule has 0 saturated heterocycles. The Morgan fingerprint density at radius 1 is 1.39 bits per heavy atom. The molecule has 0 spiro atoms. The highest BCUT2D eigenvalue weighted by atomic mass is 35.5. The summed E-state index contributed by atoms with van der Waals surface area (Å²) in [4.78, 5) is 19.1. The minimum absolute atomic E-state index is 0.0956. The van der Waals surface area contributed by atoms with Crippen LogP contribution in [-0.4, -0.2) is 30.9 Å². The molecule has 18 heavy (non-hydrogen) atoms. The van der Waals surface area contributed by atoms with Crippen LogP contribution in [0.1, 0.15) is 6.42 Å². The van der Waals surface area contributed by atoms with Gasteiger partial charge >= 0.3 is 0 Å². The van der Waals surface area contributed by atoms with Crippen LogP contribution in [0.4, 0.5) is 5.82 Å². The molecular weight excluding hydrogens is 279 g/mol. The zero-order valence-corrected chi connectivity index (χ0v) is 10.6. The van der Waals surface area contributed by atoms with E-state index >= 15 is 0 Å². The first kappa shape index (κ1) is 12.7. The summed E-state index contributed by atoms with van der Waals surface area (Å²) in [6, 6.07) is 0. The second-order valence-corrected chi connectivity index (χ2v) is 4.03.